The summed E-state index contributed by atoms with van der Waals surface area (Å²) >= 11 is 0. The molecule has 0 radical (unpaired) electrons. The van der Waals surface area contributed by atoms with Gasteiger partial charge in [-0.1, -0.05) is 18.2 Å². The molecule has 0 bridgehead atoms. The normalized spacial score (nSPS) is 24.4. The lowest BCUT2D eigenvalue weighted by atomic mass is 9.65. The molecular weight excluding hydrogens is 371 g/mol. The van der Waals surface area contributed by atoms with E-state index < -0.39 is 23.4 Å². The number of hydrogen-bond acceptors (Lipinski definition) is 0. The van der Waals surface area contributed by atoms with Crippen LogP contribution in [-0.4, -0.2) is 0 Å². The molecule has 0 aromatic heterocycles. The first kappa shape index (κ1) is 19.2. The van der Waals surface area contributed by atoms with Gasteiger partial charge >= 0.3 is 6.18 Å². The van der Waals surface area contributed by atoms with Gasteiger partial charge in [0.25, 0.3) is 0 Å². The average molecular weight is 392 g/mol. The molecule has 2 aromatic carbocycles. The minimum Gasteiger partial charge on any atom is -0.206 e. The fourth-order valence-corrected chi connectivity index (χ4v) is 4.93. The third-order valence-electron chi connectivity index (χ3n) is 6.38. The van der Waals surface area contributed by atoms with Crippen molar-refractivity contribution < 1.29 is 22.0 Å². The SMILES string of the molecule is C=CC1CCC2c3cc(F)c(-c4ccc(C(F)(F)F)cc4)c(F)c3CCC2C1. The molecular formula is C23H21F5. The molecule has 28 heavy (non-hydrogen) atoms. The van der Waals surface area contributed by atoms with Crippen LogP contribution in [0.15, 0.2) is 43.0 Å². The van der Waals surface area contributed by atoms with E-state index in [1.165, 1.54) is 6.07 Å². The average Bonchev–Trinajstić information content (AvgIpc) is 2.67. The minimum atomic E-state index is -4.48. The molecule has 0 heterocycles. The van der Waals surface area contributed by atoms with Crippen molar-refractivity contribution in [1.29, 1.82) is 0 Å². The van der Waals surface area contributed by atoms with Crippen molar-refractivity contribution in [3.63, 3.8) is 0 Å². The predicted octanol–water partition coefficient (Wildman–Crippen LogP) is 7.28. The summed E-state index contributed by atoms with van der Waals surface area (Å²) in [5.41, 5.74) is 0.324. The molecule has 2 aliphatic rings. The van der Waals surface area contributed by atoms with Gasteiger partial charge in [0.2, 0.25) is 0 Å². The molecule has 0 amide bonds. The van der Waals surface area contributed by atoms with Gasteiger partial charge < -0.3 is 0 Å². The second-order valence-corrected chi connectivity index (χ2v) is 7.90. The van der Waals surface area contributed by atoms with Crippen LogP contribution in [0, 0.1) is 23.5 Å². The largest absolute Gasteiger partial charge is 0.416 e. The van der Waals surface area contributed by atoms with Gasteiger partial charge in [-0.05, 0) is 84.7 Å². The third kappa shape index (κ3) is 3.25. The summed E-state index contributed by atoms with van der Waals surface area (Å²) in [6, 6.07) is 5.41. The van der Waals surface area contributed by atoms with Gasteiger partial charge in [-0.15, -0.1) is 6.58 Å². The Balaban J connectivity index is 1.72. The maximum Gasteiger partial charge on any atom is 0.416 e. The Labute approximate surface area is 161 Å². The van der Waals surface area contributed by atoms with Gasteiger partial charge in [0.15, 0.2) is 0 Å². The summed E-state index contributed by atoms with van der Waals surface area (Å²) < 4.78 is 68.4. The van der Waals surface area contributed by atoms with Crippen molar-refractivity contribution in [1.82, 2.24) is 0 Å². The standard InChI is InChI=1S/C23H21F5/c1-2-13-3-9-17-15(11-13)6-10-18-19(17)12-20(24)21(22(18)25)14-4-7-16(8-5-14)23(26,27)28/h2,4-5,7-8,12-13,15,17H,1,3,6,9-11H2. The van der Waals surface area contributed by atoms with E-state index in [1.54, 1.807) is 0 Å². The molecule has 1 saturated carbocycles. The van der Waals surface area contributed by atoms with Gasteiger partial charge in [-0.3, -0.25) is 0 Å². The van der Waals surface area contributed by atoms with Crippen LogP contribution in [-0.2, 0) is 12.6 Å². The fourth-order valence-electron chi connectivity index (χ4n) is 4.93. The quantitative estimate of drug-likeness (QED) is 0.372. The maximum atomic E-state index is 15.3. The Hall–Kier alpha value is -2.17. The Morgan fingerprint density at radius 2 is 1.71 bits per heavy atom. The first-order valence-electron chi connectivity index (χ1n) is 9.60. The van der Waals surface area contributed by atoms with Crippen molar-refractivity contribution in [2.75, 3.05) is 0 Å². The first-order valence-corrected chi connectivity index (χ1v) is 9.60. The zero-order valence-electron chi connectivity index (χ0n) is 15.3. The van der Waals surface area contributed by atoms with E-state index in [4.69, 9.17) is 0 Å². The van der Waals surface area contributed by atoms with Gasteiger partial charge in [0.1, 0.15) is 11.6 Å². The molecule has 3 unspecified atom stereocenters. The molecule has 2 aromatic rings. The number of fused-ring (bicyclic) bond motifs is 3. The lowest BCUT2D eigenvalue weighted by molar-refractivity contribution is -0.137. The van der Waals surface area contributed by atoms with Crippen LogP contribution in [0.2, 0.25) is 0 Å². The van der Waals surface area contributed by atoms with Crippen LogP contribution in [0.1, 0.15) is 48.3 Å². The van der Waals surface area contributed by atoms with Crippen molar-refractivity contribution in [2.24, 2.45) is 11.8 Å². The number of benzene rings is 2. The van der Waals surface area contributed by atoms with Crippen molar-refractivity contribution >= 4 is 0 Å². The molecule has 148 valence electrons. The predicted molar refractivity (Wildman–Crippen MR) is 98.9 cm³/mol. The van der Waals surface area contributed by atoms with Crippen LogP contribution >= 0.6 is 0 Å². The number of hydrogen-bond donors (Lipinski definition) is 0. The Morgan fingerprint density at radius 3 is 2.36 bits per heavy atom. The Morgan fingerprint density at radius 1 is 1.00 bits per heavy atom. The van der Waals surface area contributed by atoms with Crippen LogP contribution in [0.3, 0.4) is 0 Å². The Kier molecular flexibility index (Phi) is 4.80. The summed E-state index contributed by atoms with van der Waals surface area (Å²) in [6.45, 7) is 3.87. The second kappa shape index (κ2) is 7.02. The van der Waals surface area contributed by atoms with Crippen LogP contribution in [0.25, 0.3) is 11.1 Å². The highest BCUT2D eigenvalue weighted by Gasteiger charge is 2.37. The molecule has 0 saturated heterocycles. The Bertz CT molecular complexity index is 895. The van der Waals surface area contributed by atoms with E-state index in [9.17, 15) is 17.6 Å². The molecule has 4 rings (SSSR count). The van der Waals surface area contributed by atoms with Gasteiger partial charge in [-0.25, -0.2) is 8.78 Å². The number of halogens is 5. The highest BCUT2D eigenvalue weighted by Crippen LogP contribution is 2.49. The van der Waals surface area contributed by atoms with Crippen molar-refractivity contribution in [3.05, 3.63) is 71.3 Å². The van der Waals surface area contributed by atoms with Gasteiger partial charge in [0, 0.05) is 0 Å². The highest BCUT2D eigenvalue weighted by molar-refractivity contribution is 5.67. The van der Waals surface area contributed by atoms with Crippen LogP contribution in [0.5, 0.6) is 0 Å². The van der Waals surface area contributed by atoms with Crippen LogP contribution in [0.4, 0.5) is 22.0 Å². The van der Waals surface area contributed by atoms with Gasteiger partial charge in [0.05, 0.1) is 11.1 Å². The highest BCUT2D eigenvalue weighted by atomic mass is 19.4. The molecule has 2 aliphatic carbocycles. The molecule has 1 fully saturated rings. The number of rotatable bonds is 2. The summed E-state index contributed by atoms with van der Waals surface area (Å²) in [4.78, 5) is 0. The third-order valence-corrected chi connectivity index (χ3v) is 6.38. The zero-order valence-corrected chi connectivity index (χ0v) is 15.3. The topological polar surface area (TPSA) is 0 Å². The maximum absolute atomic E-state index is 15.3. The van der Waals surface area contributed by atoms with Crippen molar-refractivity contribution in [2.45, 2.75) is 44.2 Å². The van der Waals surface area contributed by atoms with Crippen molar-refractivity contribution in [3.8, 4) is 11.1 Å². The molecule has 5 heteroatoms. The van der Waals surface area contributed by atoms with E-state index in [0.717, 1.165) is 55.5 Å². The lowest BCUT2D eigenvalue weighted by Gasteiger charge is -2.40. The summed E-state index contributed by atoms with van der Waals surface area (Å²) in [5, 5.41) is 0. The van der Waals surface area contributed by atoms with E-state index in [1.807, 2.05) is 6.08 Å². The summed E-state index contributed by atoms with van der Waals surface area (Å²) in [7, 11) is 0. The molecule has 0 spiro atoms. The molecule has 0 N–H and O–H groups in total. The molecule has 0 nitrogen and oxygen atoms in total. The first-order chi connectivity index (χ1) is 13.3. The zero-order chi connectivity index (χ0) is 20.1. The van der Waals surface area contributed by atoms with E-state index in [2.05, 4.69) is 6.58 Å². The number of alkyl halides is 3. The van der Waals surface area contributed by atoms with Gasteiger partial charge in [-0.2, -0.15) is 13.2 Å². The van der Waals surface area contributed by atoms with E-state index in [0.29, 0.717) is 23.8 Å². The lowest BCUT2D eigenvalue weighted by Crippen LogP contribution is -2.28. The van der Waals surface area contributed by atoms with Crippen LogP contribution < -0.4 is 0 Å². The smallest absolute Gasteiger partial charge is 0.206 e. The van der Waals surface area contributed by atoms with E-state index >= 15 is 4.39 Å². The fraction of sp³-hybridized carbons (Fsp3) is 0.391. The molecule has 3 atom stereocenters. The second-order valence-electron chi connectivity index (χ2n) is 7.90. The monoisotopic (exact) mass is 392 g/mol. The summed E-state index contributed by atoms with van der Waals surface area (Å²) in [5.74, 6) is -0.323. The van der Waals surface area contributed by atoms with E-state index in [-0.39, 0.29) is 17.0 Å². The summed E-state index contributed by atoms with van der Waals surface area (Å²) in [6.07, 6.45) is 1.71. The molecule has 0 aliphatic heterocycles. The number of allylic oxidation sites excluding steroid dienone is 1. The minimum absolute atomic E-state index is 0.128.